The Morgan fingerprint density at radius 2 is 2.13 bits per heavy atom. The second-order valence-corrected chi connectivity index (χ2v) is 8.96. The number of aryl methyl sites for hydroxylation is 1. The van der Waals surface area contributed by atoms with Crippen LogP contribution in [0.15, 0.2) is 36.1 Å². The van der Waals surface area contributed by atoms with E-state index < -0.39 is 0 Å². The second-order valence-electron chi connectivity index (χ2n) is 8.04. The van der Waals surface area contributed by atoms with E-state index in [2.05, 4.69) is 15.3 Å². The lowest BCUT2D eigenvalue weighted by atomic mass is 9.83. The Morgan fingerprint density at radius 3 is 3.00 bits per heavy atom. The third kappa shape index (κ3) is 3.46. The fraction of sp³-hybridized carbons (Fsp3) is 0.364. The van der Waals surface area contributed by atoms with Crippen LogP contribution >= 0.6 is 11.3 Å². The third-order valence-electron chi connectivity index (χ3n) is 6.02. The fourth-order valence-corrected chi connectivity index (χ4v) is 5.14. The molecule has 1 saturated carbocycles. The number of amides is 1. The number of aromatic nitrogens is 4. The number of fused-ring (bicyclic) bond motifs is 2. The van der Waals surface area contributed by atoms with Gasteiger partial charge in [-0.25, -0.2) is 15.0 Å². The largest absolute Gasteiger partial charge is 0.334 e. The third-order valence-corrected chi connectivity index (χ3v) is 6.93. The predicted octanol–water partition coefficient (Wildman–Crippen LogP) is 3.89. The lowest BCUT2D eigenvalue weighted by Crippen LogP contribution is -2.34. The van der Waals surface area contributed by atoms with E-state index in [0.29, 0.717) is 22.7 Å². The Hall–Kier alpha value is -2.84. The van der Waals surface area contributed by atoms with Crippen LogP contribution in [0.25, 0.3) is 21.3 Å². The van der Waals surface area contributed by atoms with Crippen LogP contribution in [0.5, 0.6) is 0 Å². The molecule has 4 aromatic rings. The Morgan fingerprint density at radius 1 is 1.27 bits per heavy atom. The Bertz CT molecular complexity index is 1230. The molecule has 0 saturated heterocycles. The molecule has 0 spiro atoms. The molecule has 0 bridgehead atoms. The maximum absolute atomic E-state index is 13.1. The number of carbonyl (C=O) groups is 1. The first-order valence-corrected chi connectivity index (χ1v) is 11.2. The molecule has 1 aliphatic rings. The van der Waals surface area contributed by atoms with Crippen LogP contribution in [-0.2, 0) is 13.5 Å². The molecule has 154 valence electrons. The van der Waals surface area contributed by atoms with Crippen LogP contribution < -0.4 is 11.1 Å². The molecule has 3 heterocycles. The highest BCUT2D eigenvalue weighted by Crippen LogP contribution is 2.29. The highest BCUT2D eigenvalue weighted by molar-refractivity contribution is 7.17. The van der Waals surface area contributed by atoms with Crippen molar-refractivity contribution in [1.29, 1.82) is 0 Å². The molecule has 1 amide bonds. The summed E-state index contributed by atoms with van der Waals surface area (Å²) in [5, 5.41) is 4.86. The zero-order valence-corrected chi connectivity index (χ0v) is 17.7. The first-order chi connectivity index (χ1) is 14.6. The molecule has 5 rings (SSSR count). The zero-order valence-electron chi connectivity index (χ0n) is 16.8. The van der Waals surface area contributed by atoms with Gasteiger partial charge in [0.15, 0.2) is 0 Å². The number of benzene rings is 1. The topological polar surface area (TPSA) is 98.7 Å². The SMILES string of the molecule is Cn1cnc2c(NC(=O)c3csc4cnc(C[C@H]5CCCC[C@H]5N)nc34)cccc21. The molecule has 3 N–H and O–H groups in total. The highest BCUT2D eigenvalue weighted by Gasteiger charge is 2.24. The van der Waals surface area contributed by atoms with Crippen LogP contribution in [0.1, 0.15) is 41.9 Å². The minimum atomic E-state index is -0.182. The van der Waals surface area contributed by atoms with Crippen LogP contribution in [0, 0.1) is 5.92 Å². The maximum atomic E-state index is 13.1. The maximum Gasteiger partial charge on any atom is 0.258 e. The summed E-state index contributed by atoms with van der Waals surface area (Å²) in [4.78, 5) is 26.8. The number of nitrogens with zero attached hydrogens (tertiary/aromatic N) is 4. The number of carbonyl (C=O) groups excluding carboxylic acids is 1. The van der Waals surface area contributed by atoms with Gasteiger partial charge in [0.1, 0.15) is 11.3 Å². The van der Waals surface area contributed by atoms with Gasteiger partial charge in [-0.2, -0.15) is 0 Å². The molecule has 0 unspecified atom stereocenters. The van der Waals surface area contributed by atoms with E-state index >= 15 is 0 Å². The van der Waals surface area contributed by atoms with Crippen molar-refractivity contribution in [2.24, 2.45) is 18.7 Å². The molecule has 0 radical (unpaired) electrons. The first-order valence-electron chi connectivity index (χ1n) is 10.3. The Labute approximate surface area is 178 Å². The minimum absolute atomic E-state index is 0.182. The molecule has 3 aromatic heterocycles. The lowest BCUT2D eigenvalue weighted by molar-refractivity contribution is 0.102. The van der Waals surface area contributed by atoms with Crippen molar-refractivity contribution in [3.63, 3.8) is 0 Å². The zero-order chi connectivity index (χ0) is 20.7. The van der Waals surface area contributed by atoms with Gasteiger partial charge >= 0.3 is 0 Å². The monoisotopic (exact) mass is 420 g/mol. The van der Waals surface area contributed by atoms with Gasteiger partial charge in [-0.05, 0) is 30.9 Å². The molecule has 8 heteroatoms. The number of nitrogens with two attached hydrogens (primary N) is 1. The van der Waals surface area contributed by atoms with E-state index in [1.54, 1.807) is 6.33 Å². The van der Waals surface area contributed by atoms with Crippen LogP contribution in [0.3, 0.4) is 0 Å². The van der Waals surface area contributed by atoms with E-state index in [1.165, 1.54) is 24.2 Å². The number of imidazole rings is 1. The molecule has 0 aliphatic heterocycles. The average Bonchev–Trinajstić information content (AvgIpc) is 3.34. The minimum Gasteiger partial charge on any atom is -0.334 e. The van der Waals surface area contributed by atoms with E-state index in [0.717, 1.165) is 40.8 Å². The van der Waals surface area contributed by atoms with Gasteiger partial charge in [0, 0.05) is 31.1 Å². The van der Waals surface area contributed by atoms with Gasteiger partial charge in [0.05, 0.1) is 33.3 Å². The van der Waals surface area contributed by atoms with Crippen molar-refractivity contribution in [2.75, 3.05) is 5.32 Å². The predicted molar refractivity (Wildman–Crippen MR) is 120 cm³/mol. The molecule has 2 atom stereocenters. The fourth-order valence-electron chi connectivity index (χ4n) is 4.30. The number of anilines is 1. The summed E-state index contributed by atoms with van der Waals surface area (Å²) < 4.78 is 2.84. The van der Waals surface area contributed by atoms with Gasteiger partial charge in [-0.15, -0.1) is 11.3 Å². The number of rotatable bonds is 4. The van der Waals surface area contributed by atoms with Crippen LogP contribution in [0.4, 0.5) is 5.69 Å². The molecular formula is C22H24N6OS. The quantitative estimate of drug-likeness (QED) is 0.522. The van der Waals surface area contributed by atoms with Crippen LogP contribution in [-0.4, -0.2) is 31.5 Å². The van der Waals surface area contributed by atoms with Crippen molar-refractivity contribution in [3.05, 3.63) is 47.5 Å². The summed E-state index contributed by atoms with van der Waals surface area (Å²) in [6, 6.07) is 5.97. The molecular weight excluding hydrogens is 396 g/mol. The smallest absolute Gasteiger partial charge is 0.258 e. The van der Waals surface area contributed by atoms with E-state index in [1.807, 2.05) is 41.4 Å². The second kappa shape index (κ2) is 7.77. The lowest BCUT2D eigenvalue weighted by Gasteiger charge is -2.27. The normalized spacial score (nSPS) is 19.4. The molecule has 1 aliphatic carbocycles. The van der Waals surface area contributed by atoms with E-state index in [4.69, 9.17) is 10.7 Å². The Balaban J connectivity index is 1.42. The number of thiophene rings is 1. The van der Waals surface area contributed by atoms with Gasteiger partial charge in [-0.1, -0.05) is 18.9 Å². The summed E-state index contributed by atoms with van der Waals surface area (Å²) in [7, 11) is 1.93. The summed E-state index contributed by atoms with van der Waals surface area (Å²) in [5.74, 6) is 0.997. The van der Waals surface area contributed by atoms with Crippen LogP contribution in [0.2, 0.25) is 0 Å². The number of para-hydroxylation sites is 1. The van der Waals surface area contributed by atoms with Gasteiger partial charge in [-0.3, -0.25) is 4.79 Å². The van der Waals surface area contributed by atoms with Gasteiger partial charge in [0.25, 0.3) is 5.91 Å². The van der Waals surface area contributed by atoms with Gasteiger partial charge in [0.2, 0.25) is 0 Å². The summed E-state index contributed by atoms with van der Waals surface area (Å²) in [6.07, 6.45) is 8.94. The summed E-state index contributed by atoms with van der Waals surface area (Å²) >= 11 is 1.49. The number of nitrogens with one attached hydrogen (secondary N) is 1. The molecule has 1 aromatic carbocycles. The van der Waals surface area contributed by atoms with Crippen molar-refractivity contribution in [2.45, 2.75) is 38.1 Å². The number of hydrogen-bond acceptors (Lipinski definition) is 6. The van der Waals surface area contributed by atoms with E-state index in [9.17, 15) is 4.79 Å². The van der Waals surface area contributed by atoms with Crippen molar-refractivity contribution < 1.29 is 4.79 Å². The molecule has 30 heavy (non-hydrogen) atoms. The Kier molecular flexibility index (Phi) is 4.96. The standard InChI is InChI=1S/C22H24N6OS/c1-28-12-25-21-16(7-4-8-17(21)28)26-22(29)14-11-30-18-10-24-19(27-20(14)18)9-13-5-2-3-6-15(13)23/h4,7-8,10-13,15H,2-3,5-6,9,23H2,1H3,(H,26,29)/t13-,15-/m1/s1. The van der Waals surface area contributed by atoms with E-state index in [-0.39, 0.29) is 11.9 Å². The average molecular weight is 421 g/mol. The van der Waals surface area contributed by atoms with Crippen molar-refractivity contribution >= 4 is 44.2 Å². The summed E-state index contributed by atoms with van der Waals surface area (Å²) in [6.45, 7) is 0. The highest BCUT2D eigenvalue weighted by atomic mass is 32.1. The molecule has 7 nitrogen and oxygen atoms in total. The van der Waals surface area contributed by atoms with Crippen molar-refractivity contribution in [3.8, 4) is 0 Å². The summed E-state index contributed by atoms with van der Waals surface area (Å²) in [5.41, 5.74) is 10.0. The molecule has 1 fully saturated rings. The van der Waals surface area contributed by atoms with Crippen molar-refractivity contribution in [1.82, 2.24) is 19.5 Å². The number of hydrogen-bond donors (Lipinski definition) is 2. The first kappa shape index (κ1) is 19.1. The van der Waals surface area contributed by atoms with Gasteiger partial charge < -0.3 is 15.6 Å².